The van der Waals surface area contributed by atoms with Crippen molar-refractivity contribution in [2.75, 3.05) is 5.32 Å². The number of carbonyl (C=O) groups is 4. The molecule has 0 bridgehead atoms. The molecule has 2 unspecified atom stereocenters. The molecule has 3 aromatic rings. The Morgan fingerprint density at radius 2 is 1.78 bits per heavy atom. The van der Waals surface area contributed by atoms with Gasteiger partial charge in [0, 0.05) is 23.5 Å². The van der Waals surface area contributed by atoms with Gasteiger partial charge in [-0.3, -0.25) is 19.4 Å². The molecular weight excluding hydrogens is 432 g/mol. The van der Waals surface area contributed by atoms with Gasteiger partial charge in [0.05, 0.1) is 16.3 Å². The number of nitrogens with zero attached hydrogens (tertiary/aromatic N) is 1. The molecule has 0 radical (unpaired) electrons. The van der Waals surface area contributed by atoms with Crippen LogP contribution in [0.2, 0.25) is 5.02 Å². The van der Waals surface area contributed by atoms with Crippen LogP contribution in [0.15, 0.2) is 67.0 Å². The minimum Gasteiger partial charge on any atom is -0.453 e. The molecule has 1 aromatic heterocycles. The highest BCUT2D eigenvalue weighted by Crippen LogP contribution is 2.38. The molecule has 0 saturated carbocycles. The van der Waals surface area contributed by atoms with E-state index in [0.717, 1.165) is 5.56 Å². The number of benzene rings is 2. The van der Waals surface area contributed by atoms with Crippen LogP contribution in [0.25, 0.3) is 0 Å². The monoisotopic (exact) mass is 448 g/mol. The number of fused-ring (bicyclic) bond motifs is 1. The molecule has 0 fully saturated rings. The predicted octanol–water partition coefficient (Wildman–Crippen LogP) is 3.96. The average molecular weight is 449 g/mol. The largest absolute Gasteiger partial charge is 0.453 e. The number of ketones is 2. The van der Waals surface area contributed by atoms with Gasteiger partial charge >= 0.3 is 5.97 Å². The van der Waals surface area contributed by atoms with Crippen molar-refractivity contribution < 1.29 is 23.9 Å². The summed E-state index contributed by atoms with van der Waals surface area (Å²) in [6.07, 6.45) is 1.57. The maximum absolute atomic E-state index is 13.3. The Labute approximate surface area is 188 Å². The van der Waals surface area contributed by atoms with Crippen LogP contribution in [0, 0.1) is 12.8 Å². The predicted molar refractivity (Wildman–Crippen MR) is 116 cm³/mol. The van der Waals surface area contributed by atoms with E-state index in [2.05, 4.69) is 10.3 Å². The molecule has 2 aromatic carbocycles. The summed E-state index contributed by atoms with van der Waals surface area (Å²) in [5.41, 5.74) is 1.85. The maximum Gasteiger partial charge on any atom is 0.339 e. The molecule has 8 heteroatoms. The lowest BCUT2D eigenvalue weighted by Gasteiger charge is -2.21. The summed E-state index contributed by atoms with van der Waals surface area (Å²) in [6, 6.07) is 14.3. The first-order chi connectivity index (χ1) is 15.4. The zero-order chi connectivity index (χ0) is 22.8. The van der Waals surface area contributed by atoms with Crippen molar-refractivity contribution in [2.45, 2.75) is 13.0 Å². The van der Waals surface area contributed by atoms with Crippen molar-refractivity contribution in [3.8, 4) is 0 Å². The Kier molecular flexibility index (Phi) is 5.83. The van der Waals surface area contributed by atoms with E-state index in [9.17, 15) is 19.2 Å². The van der Waals surface area contributed by atoms with E-state index >= 15 is 0 Å². The number of nitrogens with one attached hydrogen (secondary N) is 1. The van der Waals surface area contributed by atoms with Crippen LogP contribution >= 0.6 is 11.6 Å². The molecule has 1 aliphatic heterocycles. The van der Waals surface area contributed by atoms with E-state index in [-0.39, 0.29) is 21.8 Å². The Balaban J connectivity index is 1.72. The molecule has 2 atom stereocenters. The summed E-state index contributed by atoms with van der Waals surface area (Å²) >= 11 is 6.13. The van der Waals surface area contributed by atoms with Crippen molar-refractivity contribution in [2.24, 2.45) is 5.92 Å². The number of amides is 1. The van der Waals surface area contributed by atoms with Gasteiger partial charge in [-0.15, -0.1) is 0 Å². The SMILES string of the molecule is Cc1ccc(Cl)c(NC(=O)C(=O)C(C(=O)c2ccncc2)C2OC(=O)c3ccccc32)c1. The summed E-state index contributed by atoms with van der Waals surface area (Å²) in [7, 11) is 0. The summed E-state index contributed by atoms with van der Waals surface area (Å²) in [6.45, 7) is 1.80. The first-order valence-electron chi connectivity index (χ1n) is 9.72. The number of aryl methyl sites for hydroxylation is 1. The highest BCUT2D eigenvalue weighted by atomic mass is 35.5. The third-order valence-corrected chi connectivity index (χ3v) is 5.48. The number of aromatic nitrogens is 1. The summed E-state index contributed by atoms with van der Waals surface area (Å²) in [5, 5.41) is 2.71. The van der Waals surface area contributed by atoms with Crippen molar-refractivity contribution >= 4 is 40.7 Å². The van der Waals surface area contributed by atoms with E-state index < -0.39 is 35.5 Å². The Morgan fingerprint density at radius 3 is 2.53 bits per heavy atom. The first-order valence-corrected chi connectivity index (χ1v) is 10.1. The van der Waals surface area contributed by atoms with E-state index in [1.807, 2.05) is 0 Å². The third kappa shape index (κ3) is 4.02. The molecule has 7 nitrogen and oxygen atoms in total. The lowest BCUT2D eigenvalue weighted by atomic mass is 9.85. The fourth-order valence-electron chi connectivity index (χ4n) is 3.57. The van der Waals surface area contributed by atoms with Gasteiger partial charge in [0.25, 0.3) is 5.91 Å². The van der Waals surface area contributed by atoms with Gasteiger partial charge < -0.3 is 10.1 Å². The first kappa shape index (κ1) is 21.4. The van der Waals surface area contributed by atoms with Gasteiger partial charge in [0.15, 0.2) is 5.78 Å². The molecule has 4 rings (SSSR count). The second kappa shape index (κ2) is 8.72. The number of carbonyl (C=O) groups excluding carboxylic acids is 4. The highest BCUT2D eigenvalue weighted by Gasteiger charge is 2.46. The molecule has 1 amide bonds. The number of hydrogen-bond acceptors (Lipinski definition) is 6. The highest BCUT2D eigenvalue weighted by molar-refractivity contribution is 6.46. The van der Waals surface area contributed by atoms with Gasteiger partial charge in [0.2, 0.25) is 5.78 Å². The molecule has 1 aliphatic rings. The Morgan fingerprint density at radius 1 is 1.06 bits per heavy atom. The minimum absolute atomic E-state index is 0.167. The molecule has 32 heavy (non-hydrogen) atoms. The van der Waals surface area contributed by atoms with Crippen LogP contribution in [-0.4, -0.2) is 28.4 Å². The van der Waals surface area contributed by atoms with Crippen molar-refractivity contribution in [1.82, 2.24) is 4.98 Å². The second-order valence-corrected chi connectivity index (χ2v) is 7.70. The van der Waals surface area contributed by atoms with Gasteiger partial charge in [-0.1, -0.05) is 35.9 Å². The Bertz CT molecular complexity index is 1240. The smallest absolute Gasteiger partial charge is 0.339 e. The molecule has 0 spiro atoms. The van der Waals surface area contributed by atoms with Crippen molar-refractivity contribution in [1.29, 1.82) is 0 Å². The van der Waals surface area contributed by atoms with E-state index in [0.29, 0.717) is 5.56 Å². The van der Waals surface area contributed by atoms with Crippen LogP contribution in [0.3, 0.4) is 0 Å². The summed E-state index contributed by atoms with van der Waals surface area (Å²) in [4.78, 5) is 55.7. The van der Waals surface area contributed by atoms with Crippen LogP contribution in [0.1, 0.15) is 37.9 Å². The van der Waals surface area contributed by atoms with Gasteiger partial charge in [-0.2, -0.15) is 0 Å². The van der Waals surface area contributed by atoms with E-state index in [4.69, 9.17) is 16.3 Å². The van der Waals surface area contributed by atoms with Crippen molar-refractivity contribution in [3.05, 3.63) is 94.3 Å². The number of anilines is 1. The normalized spacial score (nSPS) is 15.4. The van der Waals surface area contributed by atoms with E-state index in [1.165, 1.54) is 24.5 Å². The minimum atomic E-state index is -1.58. The lowest BCUT2D eigenvalue weighted by Crippen LogP contribution is -2.38. The third-order valence-electron chi connectivity index (χ3n) is 5.15. The number of Topliss-reactive ketones (excluding diaryl/α,β-unsaturated/α-hetero) is 2. The van der Waals surface area contributed by atoms with Crippen LogP contribution in [-0.2, 0) is 14.3 Å². The number of cyclic esters (lactones) is 1. The van der Waals surface area contributed by atoms with Gasteiger partial charge in [0.1, 0.15) is 12.0 Å². The van der Waals surface area contributed by atoms with Crippen molar-refractivity contribution in [3.63, 3.8) is 0 Å². The molecule has 2 heterocycles. The standard InChI is InChI=1S/C24H17ClN2O5/c1-13-6-7-17(25)18(12-13)27-23(30)21(29)19(20(28)14-8-10-26-11-9-14)22-15-4-2-3-5-16(15)24(31)32-22/h2-12,19,22H,1H3,(H,27,30). The molecular formula is C24H17ClN2O5. The number of esters is 1. The maximum atomic E-state index is 13.3. The summed E-state index contributed by atoms with van der Waals surface area (Å²) < 4.78 is 5.40. The van der Waals surface area contributed by atoms with Crippen LogP contribution in [0.4, 0.5) is 5.69 Å². The zero-order valence-electron chi connectivity index (χ0n) is 16.9. The molecule has 0 aliphatic carbocycles. The zero-order valence-corrected chi connectivity index (χ0v) is 17.6. The molecule has 160 valence electrons. The van der Waals surface area contributed by atoms with E-state index in [1.54, 1.807) is 49.4 Å². The van der Waals surface area contributed by atoms with Crippen LogP contribution < -0.4 is 5.32 Å². The van der Waals surface area contributed by atoms with Crippen LogP contribution in [0.5, 0.6) is 0 Å². The topological polar surface area (TPSA) is 102 Å². The van der Waals surface area contributed by atoms with Gasteiger partial charge in [-0.05, 0) is 42.8 Å². The second-order valence-electron chi connectivity index (χ2n) is 7.29. The summed E-state index contributed by atoms with van der Waals surface area (Å²) in [5.74, 6) is -4.97. The quantitative estimate of drug-likeness (QED) is 0.265. The number of halogens is 1. The molecule has 0 saturated heterocycles. The number of rotatable bonds is 6. The number of pyridine rings is 1. The average Bonchev–Trinajstić information content (AvgIpc) is 3.13. The van der Waals surface area contributed by atoms with Gasteiger partial charge in [-0.25, -0.2) is 4.79 Å². The fourth-order valence-corrected chi connectivity index (χ4v) is 3.74. The fraction of sp³-hybridized carbons (Fsp3) is 0.125. The lowest BCUT2D eigenvalue weighted by molar-refractivity contribution is -0.138. The number of hydrogen-bond donors (Lipinski definition) is 1. The molecule has 1 N–H and O–H groups in total. The Hall–Kier alpha value is -3.84. The number of ether oxygens (including phenoxy) is 1.